The molecule has 0 fully saturated rings. The molecule has 1 aliphatic carbocycles. The third-order valence-corrected chi connectivity index (χ3v) is 3.65. The molecule has 0 aromatic carbocycles. The van der Waals surface area contributed by atoms with Crippen molar-refractivity contribution in [2.45, 2.75) is 53.4 Å². The fourth-order valence-electron chi connectivity index (χ4n) is 1.81. The smallest absolute Gasteiger partial charge is 0.0116 e. The lowest BCUT2D eigenvalue weighted by molar-refractivity contribution is 0.256. The quantitative estimate of drug-likeness (QED) is 0.509. The standard InChI is InChI=1S/C12H21/c1-10-8-6-5-7-9-11(2)12(10,3)4/h10H,5-8H2,1-4H3. The molecule has 12 heavy (non-hydrogen) atoms. The Morgan fingerprint density at radius 3 is 2.67 bits per heavy atom. The van der Waals surface area contributed by atoms with E-state index in [0.717, 1.165) is 5.92 Å². The van der Waals surface area contributed by atoms with E-state index >= 15 is 0 Å². The molecule has 0 aromatic rings. The normalized spacial score (nSPS) is 34.7. The van der Waals surface area contributed by atoms with Crippen LogP contribution in [0.5, 0.6) is 0 Å². The first-order valence-electron chi connectivity index (χ1n) is 5.13. The van der Waals surface area contributed by atoms with Crippen LogP contribution in [0.25, 0.3) is 0 Å². The van der Waals surface area contributed by atoms with Gasteiger partial charge in [0.1, 0.15) is 0 Å². The van der Waals surface area contributed by atoms with Crippen molar-refractivity contribution in [1.29, 1.82) is 0 Å². The molecule has 0 N–H and O–H groups in total. The summed E-state index contributed by atoms with van der Waals surface area (Å²) in [6.07, 6.45) is 8.78. The Labute approximate surface area is 77.1 Å². The molecule has 0 aromatic heterocycles. The minimum atomic E-state index is 0.375. The van der Waals surface area contributed by atoms with Crippen LogP contribution in [0, 0.1) is 17.4 Å². The molecular formula is C12H21. The summed E-state index contributed by atoms with van der Waals surface area (Å²) in [6, 6.07) is 0. The van der Waals surface area contributed by atoms with Crippen LogP contribution in [-0.4, -0.2) is 0 Å². The van der Waals surface area contributed by atoms with Crippen molar-refractivity contribution in [3.05, 3.63) is 11.6 Å². The summed E-state index contributed by atoms with van der Waals surface area (Å²) in [5.74, 6) is 0.810. The molecule has 1 rings (SSSR count). The molecule has 0 heteroatoms. The summed E-state index contributed by atoms with van der Waals surface area (Å²) in [5, 5.41) is 0. The molecule has 1 radical (unpaired) electrons. The van der Waals surface area contributed by atoms with E-state index in [1.807, 2.05) is 0 Å². The van der Waals surface area contributed by atoms with Crippen LogP contribution in [0.4, 0.5) is 0 Å². The summed E-state index contributed by atoms with van der Waals surface area (Å²) < 4.78 is 0. The Morgan fingerprint density at radius 1 is 1.33 bits per heavy atom. The molecule has 0 saturated heterocycles. The van der Waals surface area contributed by atoms with Gasteiger partial charge in [-0.15, -0.1) is 0 Å². The zero-order valence-electron chi connectivity index (χ0n) is 8.91. The van der Waals surface area contributed by atoms with Gasteiger partial charge in [-0.3, -0.25) is 0 Å². The molecule has 0 saturated carbocycles. The molecule has 1 atom stereocenters. The third-order valence-electron chi connectivity index (χ3n) is 3.65. The van der Waals surface area contributed by atoms with Gasteiger partial charge in [-0.1, -0.05) is 32.8 Å². The summed E-state index contributed by atoms with van der Waals surface area (Å²) in [5.41, 5.74) is 1.84. The predicted molar refractivity (Wildman–Crippen MR) is 53.8 cm³/mol. The second-order valence-electron chi connectivity index (χ2n) is 4.67. The highest BCUT2D eigenvalue weighted by molar-refractivity contribution is 5.07. The first-order chi connectivity index (χ1) is 5.55. The van der Waals surface area contributed by atoms with Crippen molar-refractivity contribution < 1.29 is 0 Å². The number of hydrogen-bond donors (Lipinski definition) is 0. The van der Waals surface area contributed by atoms with Gasteiger partial charge >= 0.3 is 0 Å². The minimum absolute atomic E-state index is 0.375. The van der Waals surface area contributed by atoms with Crippen molar-refractivity contribution in [2.24, 2.45) is 11.3 Å². The van der Waals surface area contributed by atoms with Crippen LogP contribution in [0.15, 0.2) is 5.57 Å². The van der Waals surface area contributed by atoms with Crippen LogP contribution in [0.1, 0.15) is 53.4 Å². The fourth-order valence-corrected chi connectivity index (χ4v) is 1.81. The molecule has 0 aliphatic heterocycles. The second kappa shape index (κ2) is 3.64. The first-order valence-corrected chi connectivity index (χ1v) is 5.13. The van der Waals surface area contributed by atoms with Gasteiger partial charge < -0.3 is 0 Å². The van der Waals surface area contributed by atoms with E-state index in [9.17, 15) is 0 Å². The number of hydrogen-bond acceptors (Lipinski definition) is 0. The average Bonchev–Trinajstić information content (AvgIpc) is 2.01. The largest absolute Gasteiger partial charge is 0.0639 e. The lowest BCUT2D eigenvalue weighted by Crippen LogP contribution is -2.24. The Hall–Kier alpha value is -0.260. The maximum Gasteiger partial charge on any atom is -0.0116 e. The summed E-state index contributed by atoms with van der Waals surface area (Å²) in [6.45, 7) is 9.31. The van der Waals surface area contributed by atoms with Crippen LogP contribution >= 0.6 is 0 Å². The minimum Gasteiger partial charge on any atom is -0.0639 e. The van der Waals surface area contributed by atoms with Gasteiger partial charge in [-0.05, 0) is 43.6 Å². The molecule has 0 spiro atoms. The third kappa shape index (κ3) is 1.91. The molecule has 1 unspecified atom stereocenters. The van der Waals surface area contributed by atoms with Gasteiger partial charge in [0, 0.05) is 0 Å². The Bertz CT molecular complexity index is 174. The van der Waals surface area contributed by atoms with Crippen molar-refractivity contribution in [3.63, 3.8) is 0 Å². The molecule has 0 nitrogen and oxygen atoms in total. The van der Waals surface area contributed by atoms with Crippen molar-refractivity contribution in [1.82, 2.24) is 0 Å². The Balaban J connectivity index is 2.81. The molecule has 69 valence electrons. The van der Waals surface area contributed by atoms with Crippen molar-refractivity contribution in [3.8, 4) is 0 Å². The summed E-state index contributed by atoms with van der Waals surface area (Å²) >= 11 is 0. The van der Waals surface area contributed by atoms with Crippen LogP contribution in [-0.2, 0) is 0 Å². The molecule has 0 heterocycles. The molecular weight excluding hydrogens is 144 g/mol. The van der Waals surface area contributed by atoms with E-state index in [1.54, 1.807) is 0 Å². The van der Waals surface area contributed by atoms with Gasteiger partial charge in [0.05, 0.1) is 0 Å². The first kappa shape index (κ1) is 9.83. The average molecular weight is 165 g/mol. The zero-order valence-corrected chi connectivity index (χ0v) is 8.91. The van der Waals surface area contributed by atoms with E-state index in [1.165, 1.54) is 31.3 Å². The SMILES string of the molecule is C/C1=[C]/CCCCC(C)C1(C)C. The summed E-state index contributed by atoms with van der Waals surface area (Å²) in [7, 11) is 0. The highest BCUT2D eigenvalue weighted by Crippen LogP contribution is 2.38. The fraction of sp³-hybridized carbons (Fsp3) is 0.833. The maximum absolute atomic E-state index is 3.52. The number of allylic oxidation sites excluding steroid dienone is 2. The second-order valence-corrected chi connectivity index (χ2v) is 4.67. The monoisotopic (exact) mass is 165 g/mol. The van der Waals surface area contributed by atoms with Gasteiger partial charge in [-0.2, -0.15) is 0 Å². The van der Waals surface area contributed by atoms with E-state index in [4.69, 9.17) is 0 Å². The Morgan fingerprint density at radius 2 is 2.00 bits per heavy atom. The topological polar surface area (TPSA) is 0 Å². The zero-order chi connectivity index (χ0) is 9.19. The van der Waals surface area contributed by atoms with Crippen LogP contribution < -0.4 is 0 Å². The molecule has 1 aliphatic rings. The molecule has 0 amide bonds. The van der Waals surface area contributed by atoms with E-state index in [0.29, 0.717) is 5.41 Å². The maximum atomic E-state index is 3.52. The van der Waals surface area contributed by atoms with Gasteiger partial charge in [0.2, 0.25) is 0 Å². The van der Waals surface area contributed by atoms with E-state index in [-0.39, 0.29) is 0 Å². The van der Waals surface area contributed by atoms with E-state index < -0.39 is 0 Å². The lowest BCUT2D eigenvalue weighted by Gasteiger charge is -2.34. The highest BCUT2D eigenvalue weighted by atomic mass is 14.3. The van der Waals surface area contributed by atoms with Gasteiger partial charge in [0.15, 0.2) is 0 Å². The van der Waals surface area contributed by atoms with E-state index in [2.05, 4.69) is 33.8 Å². The number of rotatable bonds is 0. The van der Waals surface area contributed by atoms with Gasteiger partial charge in [0.25, 0.3) is 0 Å². The lowest BCUT2D eigenvalue weighted by atomic mass is 9.71. The van der Waals surface area contributed by atoms with Crippen molar-refractivity contribution >= 4 is 0 Å². The van der Waals surface area contributed by atoms with Crippen molar-refractivity contribution in [2.75, 3.05) is 0 Å². The highest BCUT2D eigenvalue weighted by Gasteiger charge is 2.27. The van der Waals surface area contributed by atoms with Crippen LogP contribution in [0.3, 0.4) is 0 Å². The predicted octanol–water partition coefficient (Wildman–Crippen LogP) is 3.97. The Kier molecular flexibility index (Phi) is 2.98. The molecule has 0 bridgehead atoms. The summed E-state index contributed by atoms with van der Waals surface area (Å²) in [4.78, 5) is 0. The van der Waals surface area contributed by atoms with Crippen LogP contribution in [0.2, 0.25) is 0 Å². The van der Waals surface area contributed by atoms with Gasteiger partial charge in [-0.25, -0.2) is 0 Å².